The Kier molecular flexibility index (Phi) is 7.10. The first kappa shape index (κ1) is 23.8. The third-order valence-corrected chi connectivity index (χ3v) is 9.22. The number of thioether (sulfide) groups is 1. The van der Waals surface area contributed by atoms with Crippen LogP contribution in [0.2, 0.25) is 0 Å². The van der Waals surface area contributed by atoms with Crippen molar-refractivity contribution in [2.45, 2.75) is 36.5 Å². The van der Waals surface area contributed by atoms with Crippen molar-refractivity contribution in [1.82, 2.24) is 19.3 Å². The molecule has 2 amide bonds. The summed E-state index contributed by atoms with van der Waals surface area (Å²) in [6.07, 6.45) is 2.09. The Morgan fingerprint density at radius 3 is 2.30 bits per heavy atom. The van der Waals surface area contributed by atoms with Crippen molar-refractivity contribution in [2.75, 3.05) is 45.0 Å². The molecule has 0 atom stereocenters. The zero-order chi connectivity index (χ0) is 23.6. The summed E-state index contributed by atoms with van der Waals surface area (Å²) in [5.74, 6) is 0.507. The number of sulfonamides is 1. The van der Waals surface area contributed by atoms with E-state index in [0.29, 0.717) is 17.0 Å². The van der Waals surface area contributed by atoms with Crippen LogP contribution in [-0.2, 0) is 14.8 Å². The quantitative estimate of drug-likeness (QED) is 0.569. The van der Waals surface area contributed by atoms with Gasteiger partial charge in [0.25, 0.3) is 5.91 Å². The van der Waals surface area contributed by atoms with Crippen molar-refractivity contribution in [3.05, 3.63) is 41.3 Å². The van der Waals surface area contributed by atoms with Gasteiger partial charge in [-0.25, -0.2) is 8.42 Å². The summed E-state index contributed by atoms with van der Waals surface area (Å²) >= 11 is 1.38. The van der Waals surface area contributed by atoms with Crippen LogP contribution in [-0.4, -0.2) is 84.5 Å². The van der Waals surface area contributed by atoms with Gasteiger partial charge in [0.15, 0.2) is 5.76 Å². The summed E-state index contributed by atoms with van der Waals surface area (Å²) in [7, 11) is -3.74. The van der Waals surface area contributed by atoms with Crippen molar-refractivity contribution in [1.29, 1.82) is 0 Å². The maximum absolute atomic E-state index is 13.2. The average molecular weight is 493 g/mol. The molecule has 0 radical (unpaired) electrons. The molecule has 0 unspecified atom stereocenters. The second-order valence-electron chi connectivity index (χ2n) is 8.22. The van der Waals surface area contributed by atoms with Crippen LogP contribution in [0.4, 0.5) is 0 Å². The molecule has 1 aromatic carbocycles. The highest BCUT2D eigenvalue weighted by molar-refractivity contribution is 8.00. The maximum atomic E-state index is 13.2. The fourth-order valence-electron chi connectivity index (χ4n) is 4.24. The van der Waals surface area contributed by atoms with Gasteiger partial charge >= 0.3 is 0 Å². The van der Waals surface area contributed by atoms with E-state index < -0.39 is 10.0 Å². The lowest BCUT2D eigenvalue weighted by molar-refractivity contribution is -0.127. The number of carbonyl (C=O) groups is 2. The summed E-state index contributed by atoms with van der Waals surface area (Å²) in [5.41, 5.74) is 0.874. The van der Waals surface area contributed by atoms with Crippen LogP contribution < -0.4 is 0 Å². The first-order valence-electron chi connectivity index (χ1n) is 11.0. The highest BCUT2D eigenvalue weighted by atomic mass is 32.2. The predicted octanol–water partition coefficient (Wildman–Crippen LogP) is 2.15. The molecule has 0 bridgehead atoms. The molecule has 0 aliphatic carbocycles. The van der Waals surface area contributed by atoms with E-state index in [1.807, 2.05) is 17.0 Å². The van der Waals surface area contributed by atoms with Crippen molar-refractivity contribution in [3.63, 3.8) is 0 Å². The van der Waals surface area contributed by atoms with Gasteiger partial charge in [-0.1, -0.05) is 17.3 Å². The number of nitrogens with zero attached hydrogens (tertiary/aromatic N) is 4. The van der Waals surface area contributed by atoms with E-state index in [9.17, 15) is 18.0 Å². The van der Waals surface area contributed by atoms with Crippen LogP contribution >= 0.6 is 11.8 Å². The standard InChI is InChI=1S/C22H28N4O5S2/c1-16-21(17(2)31-23-16)33(29,30)26-13-11-25(12-14-26)22(28)18-7-3-4-8-19(18)32-15-20(27)24-9-5-6-10-24/h3-4,7-8H,5-6,9-15H2,1-2H3. The van der Waals surface area contributed by atoms with Gasteiger partial charge in [-0.15, -0.1) is 11.8 Å². The molecule has 2 saturated heterocycles. The van der Waals surface area contributed by atoms with Gasteiger partial charge in [0, 0.05) is 44.2 Å². The first-order chi connectivity index (χ1) is 15.8. The van der Waals surface area contributed by atoms with Gasteiger partial charge in [-0.3, -0.25) is 9.59 Å². The number of aromatic nitrogens is 1. The normalized spacial score (nSPS) is 17.5. The third kappa shape index (κ3) is 4.95. The van der Waals surface area contributed by atoms with Gasteiger partial charge in [0.05, 0.1) is 11.3 Å². The molecule has 2 fully saturated rings. The van der Waals surface area contributed by atoms with E-state index in [1.165, 1.54) is 16.1 Å². The molecule has 11 heteroatoms. The number of hydrogen-bond donors (Lipinski definition) is 0. The van der Waals surface area contributed by atoms with Crippen LogP contribution in [0, 0.1) is 13.8 Å². The monoisotopic (exact) mass is 492 g/mol. The Morgan fingerprint density at radius 1 is 1.00 bits per heavy atom. The molecule has 1 aromatic heterocycles. The van der Waals surface area contributed by atoms with Gasteiger partial charge in [0.1, 0.15) is 10.6 Å². The molecule has 0 N–H and O–H groups in total. The Bertz CT molecular complexity index is 1110. The van der Waals surface area contributed by atoms with Gasteiger partial charge in [-0.05, 0) is 38.8 Å². The second-order valence-corrected chi connectivity index (χ2v) is 11.1. The summed E-state index contributed by atoms with van der Waals surface area (Å²) in [6.45, 7) is 5.76. The summed E-state index contributed by atoms with van der Waals surface area (Å²) in [4.78, 5) is 30.1. The minimum atomic E-state index is -3.74. The zero-order valence-electron chi connectivity index (χ0n) is 18.8. The Morgan fingerprint density at radius 2 is 1.67 bits per heavy atom. The van der Waals surface area contributed by atoms with Crippen molar-refractivity contribution in [3.8, 4) is 0 Å². The van der Waals surface area contributed by atoms with Gasteiger partial charge < -0.3 is 14.3 Å². The summed E-state index contributed by atoms with van der Waals surface area (Å²) in [6, 6.07) is 7.27. The lowest BCUT2D eigenvalue weighted by Gasteiger charge is -2.34. The highest BCUT2D eigenvalue weighted by Crippen LogP contribution is 2.27. The van der Waals surface area contributed by atoms with Crippen LogP contribution in [0.3, 0.4) is 0 Å². The zero-order valence-corrected chi connectivity index (χ0v) is 20.5. The molecule has 0 saturated carbocycles. The van der Waals surface area contributed by atoms with E-state index in [4.69, 9.17) is 4.52 Å². The van der Waals surface area contributed by atoms with Crippen molar-refractivity contribution in [2.24, 2.45) is 0 Å². The van der Waals surface area contributed by atoms with E-state index in [1.54, 1.807) is 30.9 Å². The first-order valence-corrected chi connectivity index (χ1v) is 13.4. The molecule has 0 spiro atoms. The molecule has 33 heavy (non-hydrogen) atoms. The minimum Gasteiger partial charge on any atom is -0.360 e. The molecular weight excluding hydrogens is 464 g/mol. The smallest absolute Gasteiger partial charge is 0.255 e. The fraction of sp³-hybridized carbons (Fsp3) is 0.500. The van der Waals surface area contributed by atoms with Crippen LogP contribution in [0.15, 0.2) is 38.6 Å². The number of carbonyl (C=O) groups excluding carboxylic acids is 2. The Hall–Kier alpha value is -2.37. The lowest BCUT2D eigenvalue weighted by atomic mass is 10.2. The van der Waals surface area contributed by atoms with Crippen LogP contribution in [0.25, 0.3) is 0 Å². The largest absolute Gasteiger partial charge is 0.360 e. The fourth-order valence-corrected chi connectivity index (χ4v) is 6.90. The van der Waals surface area contributed by atoms with Gasteiger partial charge in [0.2, 0.25) is 15.9 Å². The van der Waals surface area contributed by atoms with E-state index in [-0.39, 0.29) is 48.6 Å². The number of hydrogen-bond acceptors (Lipinski definition) is 7. The molecule has 3 heterocycles. The SMILES string of the molecule is Cc1noc(C)c1S(=O)(=O)N1CCN(C(=O)c2ccccc2SCC(=O)N2CCCC2)CC1. The van der Waals surface area contributed by atoms with Crippen molar-refractivity contribution < 1.29 is 22.5 Å². The van der Waals surface area contributed by atoms with E-state index >= 15 is 0 Å². The molecule has 2 aliphatic heterocycles. The Balaban J connectivity index is 1.40. The van der Waals surface area contributed by atoms with Crippen LogP contribution in [0.1, 0.15) is 34.7 Å². The number of likely N-dealkylation sites (tertiary alicyclic amines) is 1. The van der Waals surface area contributed by atoms with Crippen LogP contribution in [0.5, 0.6) is 0 Å². The maximum Gasteiger partial charge on any atom is 0.255 e. The topological polar surface area (TPSA) is 104 Å². The molecular formula is C22H28N4O5S2. The van der Waals surface area contributed by atoms with Gasteiger partial charge in [-0.2, -0.15) is 4.31 Å². The minimum absolute atomic E-state index is 0.0953. The number of piperazine rings is 1. The average Bonchev–Trinajstić information content (AvgIpc) is 3.47. The molecule has 2 aliphatic rings. The summed E-state index contributed by atoms with van der Waals surface area (Å²) < 4.78 is 32.5. The number of aryl methyl sites for hydroxylation is 2. The van der Waals surface area contributed by atoms with E-state index in [2.05, 4.69) is 5.16 Å². The molecule has 178 valence electrons. The third-order valence-electron chi connectivity index (χ3n) is 6.02. The molecule has 2 aromatic rings. The van der Waals surface area contributed by atoms with Crippen molar-refractivity contribution >= 4 is 33.6 Å². The highest BCUT2D eigenvalue weighted by Gasteiger charge is 2.34. The van der Waals surface area contributed by atoms with E-state index in [0.717, 1.165) is 30.8 Å². The molecule has 9 nitrogen and oxygen atoms in total. The Labute approximate surface area is 198 Å². The second kappa shape index (κ2) is 9.86. The number of amides is 2. The number of rotatable bonds is 6. The summed E-state index contributed by atoms with van der Waals surface area (Å²) in [5, 5.41) is 3.75. The predicted molar refractivity (Wildman–Crippen MR) is 124 cm³/mol. The number of benzene rings is 1. The lowest BCUT2D eigenvalue weighted by Crippen LogP contribution is -2.50. The molecule has 4 rings (SSSR count).